The number of nitrogens with zero attached hydrogens (tertiary/aromatic N) is 2. The summed E-state index contributed by atoms with van der Waals surface area (Å²) in [6.07, 6.45) is 2.85. The van der Waals surface area contributed by atoms with E-state index in [9.17, 15) is 4.79 Å². The molecule has 0 radical (unpaired) electrons. The van der Waals surface area contributed by atoms with E-state index in [0.29, 0.717) is 31.0 Å². The number of piperidine rings is 1. The molecule has 2 saturated heterocycles. The second-order valence-electron chi connectivity index (χ2n) is 7.71. The molecule has 1 amide bonds. The van der Waals surface area contributed by atoms with E-state index in [2.05, 4.69) is 18.7 Å². The van der Waals surface area contributed by atoms with Gasteiger partial charge in [-0.3, -0.25) is 9.69 Å². The number of carbonyl (C=O) groups is 1. The summed E-state index contributed by atoms with van der Waals surface area (Å²) in [5.41, 5.74) is 0. The first kappa shape index (κ1) is 19.2. The van der Waals surface area contributed by atoms with Crippen molar-refractivity contribution < 1.29 is 14.3 Å². The van der Waals surface area contributed by atoms with Gasteiger partial charge >= 0.3 is 0 Å². The Hall–Kier alpha value is -1.59. The van der Waals surface area contributed by atoms with Crippen LogP contribution in [0.5, 0.6) is 5.75 Å². The van der Waals surface area contributed by atoms with Gasteiger partial charge in [0.1, 0.15) is 11.9 Å². The van der Waals surface area contributed by atoms with Gasteiger partial charge in [0.2, 0.25) is 5.91 Å². The standard InChI is InChI=1S/C21H32N2O3/c1-16(2)23-15-19(26-18-7-5-4-6-8-18)21(23)17-9-12-22(13-10-17)20(24)11-14-25-3/h4-8,16-17,19,21H,9-15H2,1-3H3. The number of rotatable bonds is 7. The molecule has 144 valence electrons. The first-order valence-corrected chi connectivity index (χ1v) is 9.84. The molecule has 0 saturated carbocycles. The van der Waals surface area contributed by atoms with E-state index in [1.165, 1.54) is 0 Å². The first-order valence-electron chi connectivity index (χ1n) is 9.84. The SMILES string of the molecule is COCCC(=O)N1CCC(C2C(Oc3ccccc3)CN2C(C)C)CC1. The van der Waals surface area contributed by atoms with Gasteiger partial charge in [-0.25, -0.2) is 0 Å². The molecule has 26 heavy (non-hydrogen) atoms. The first-order chi connectivity index (χ1) is 12.6. The van der Waals surface area contributed by atoms with Crippen LogP contribution in [0.1, 0.15) is 33.1 Å². The molecule has 0 N–H and O–H groups in total. The molecule has 2 heterocycles. The van der Waals surface area contributed by atoms with Crippen LogP contribution in [-0.4, -0.2) is 67.2 Å². The molecule has 3 rings (SSSR count). The number of hydrogen-bond acceptors (Lipinski definition) is 4. The van der Waals surface area contributed by atoms with Crippen LogP contribution in [0.3, 0.4) is 0 Å². The van der Waals surface area contributed by atoms with Crippen molar-refractivity contribution >= 4 is 5.91 Å². The van der Waals surface area contributed by atoms with Gasteiger partial charge in [0.05, 0.1) is 19.1 Å². The van der Waals surface area contributed by atoms with Crippen molar-refractivity contribution in [2.45, 2.75) is 51.3 Å². The van der Waals surface area contributed by atoms with Crippen molar-refractivity contribution in [1.82, 2.24) is 9.80 Å². The van der Waals surface area contributed by atoms with Crippen LogP contribution in [0.2, 0.25) is 0 Å². The Balaban J connectivity index is 1.57. The summed E-state index contributed by atoms with van der Waals surface area (Å²) in [4.78, 5) is 16.8. The number of hydrogen-bond donors (Lipinski definition) is 0. The zero-order chi connectivity index (χ0) is 18.5. The molecule has 5 nitrogen and oxygen atoms in total. The van der Waals surface area contributed by atoms with Crippen LogP contribution in [0.25, 0.3) is 0 Å². The Kier molecular flexibility index (Phi) is 6.54. The minimum atomic E-state index is 0.219. The quantitative estimate of drug-likeness (QED) is 0.750. The molecule has 0 spiro atoms. The van der Waals surface area contributed by atoms with Crippen LogP contribution in [-0.2, 0) is 9.53 Å². The van der Waals surface area contributed by atoms with Crippen molar-refractivity contribution in [3.63, 3.8) is 0 Å². The highest BCUT2D eigenvalue weighted by Gasteiger charge is 2.47. The minimum Gasteiger partial charge on any atom is -0.487 e. The fourth-order valence-corrected chi connectivity index (χ4v) is 4.26. The summed E-state index contributed by atoms with van der Waals surface area (Å²) in [6, 6.07) is 11.1. The van der Waals surface area contributed by atoms with Crippen LogP contribution in [0.4, 0.5) is 0 Å². The van der Waals surface area contributed by atoms with Gasteiger partial charge in [0.15, 0.2) is 0 Å². The molecule has 2 unspecified atom stereocenters. The van der Waals surface area contributed by atoms with E-state index in [-0.39, 0.29) is 12.0 Å². The van der Waals surface area contributed by atoms with E-state index in [4.69, 9.17) is 9.47 Å². The molecule has 0 aliphatic carbocycles. The molecule has 0 aromatic heterocycles. The number of para-hydroxylation sites is 1. The van der Waals surface area contributed by atoms with Crippen LogP contribution in [0, 0.1) is 5.92 Å². The highest BCUT2D eigenvalue weighted by Crippen LogP contribution is 2.36. The zero-order valence-corrected chi connectivity index (χ0v) is 16.3. The summed E-state index contributed by atoms with van der Waals surface area (Å²) in [5, 5.41) is 0. The second-order valence-corrected chi connectivity index (χ2v) is 7.71. The Morgan fingerprint density at radius 2 is 1.88 bits per heavy atom. The Labute approximate surface area is 157 Å². The van der Waals surface area contributed by atoms with E-state index in [1.54, 1.807) is 7.11 Å². The zero-order valence-electron chi connectivity index (χ0n) is 16.3. The van der Waals surface area contributed by atoms with E-state index in [0.717, 1.165) is 38.2 Å². The molecule has 2 aliphatic heterocycles. The lowest BCUT2D eigenvalue weighted by Gasteiger charge is -2.54. The molecular formula is C21H32N2O3. The van der Waals surface area contributed by atoms with Gasteiger partial charge in [0.25, 0.3) is 0 Å². The third-order valence-corrected chi connectivity index (χ3v) is 5.74. The number of ether oxygens (including phenoxy) is 2. The predicted octanol–water partition coefficient (Wildman–Crippen LogP) is 2.80. The van der Waals surface area contributed by atoms with Gasteiger partial charge < -0.3 is 14.4 Å². The fourth-order valence-electron chi connectivity index (χ4n) is 4.26. The lowest BCUT2D eigenvalue weighted by atomic mass is 9.79. The van der Waals surface area contributed by atoms with Crippen LogP contribution in [0.15, 0.2) is 30.3 Å². The van der Waals surface area contributed by atoms with Crippen LogP contribution < -0.4 is 4.74 Å². The largest absolute Gasteiger partial charge is 0.487 e. The highest BCUT2D eigenvalue weighted by molar-refractivity contribution is 5.76. The Morgan fingerprint density at radius 3 is 2.50 bits per heavy atom. The fraction of sp³-hybridized carbons (Fsp3) is 0.667. The van der Waals surface area contributed by atoms with Crippen LogP contribution >= 0.6 is 0 Å². The number of likely N-dealkylation sites (tertiary alicyclic amines) is 2. The van der Waals surface area contributed by atoms with Crippen molar-refractivity contribution in [3.05, 3.63) is 30.3 Å². The summed E-state index contributed by atoms with van der Waals surface area (Å²) < 4.78 is 11.3. The molecule has 1 aromatic carbocycles. The van der Waals surface area contributed by atoms with E-state index >= 15 is 0 Å². The normalized spacial score (nSPS) is 24.5. The number of methoxy groups -OCH3 is 1. The molecular weight excluding hydrogens is 328 g/mol. The van der Waals surface area contributed by atoms with Gasteiger partial charge in [-0.15, -0.1) is 0 Å². The Bertz CT molecular complexity index is 570. The smallest absolute Gasteiger partial charge is 0.224 e. The molecule has 1 aromatic rings. The lowest BCUT2D eigenvalue weighted by Crippen LogP contribution is -2.68. The maximum Gasteiger partial charge on any atom is 0.224 e. The van der Waals surface area contributed by atoms with Crippen molar-refractivity contribution in [3.8, 4) is 5.75 Å². The number of amides is 1. The monoisotopic (exact) mass is 360 g/mol. The average molecular weight is 360 g/mol. The summed E-state index contributed by atoms with van der Waals surface area (Å²) in [7, 11) is 1.64. The molecule has 0 bridgehead atoms. The van der Waals surface area contributed by atoms with Gasteiger partial charge in [-0.1, -0.05) is 18.2 Å². The molecule has 2 fully saturated rings. The lowest BCUT2D eigenvalue weighted by molar-refractivity contribution is -0.136. The van der Waals surface area contributed by atoms with Gasteiger partial charge in [0, 0.05) is 32.8 Å². The maximum atomic E-state index is 12.2. The maximum absolute atomic E-state index is 12.2. The molecule has 2 atom stereocenters. The van der Waals surface area contributed by atoms with Gasteiger partial charge in [-0.2, -0.15) is 0 Å². The second kappa shape index (κ2) is 8.87. The topological polar surface area (TPSA) is 42.0 Å². The Morgan fingerprint density at radius 1 is 1.19 bits per heavy atom. The van der Waals surface area contributed by atoms with E-state index < -0.39 is 0 Å². The van der Waals surface area contributed by atoms with Crippen molar-refractivity contribution in [2.75, 3.05) is 33.4 Å². The highest BCUT2D eigenvalue weighted by atomic mass is 16.5. The minimum absolute atomic E-state index is 0.219. The third-order valence-electron chi connectivity index (χ3n) is 5.74. The van der Waals surface area contributed by atoms with Crippen molar-refractivity contribution in [1.29, 1.82) is 0 Å². The average Bonchev–Trinajstić information content (AvgIpc) is 2.64. The van der Waals surface area contributed by atoms with Gasteiger partial charge in [-0.05, 0) is 44.7 Å². The van der Waals surface area contributed by atoms with Crippen molar-refractivity contribution in [2.24, 2.45) is 5.92 Å². The van der Waals surface area contributed by atoms with E-state index in [1.807, 2.05) is 35.2 Å². The molecule has 5 heteroatoms. The number of benzene rings is 1. The predicted molar refractivity (Wildman–Crippen MR) is 102 cm³/mol. The molecule has 2 aliphatic rings. The number of carbonyl (C=O) groups excluding carboxylic acids is 1. The summed E-state index contributed by atoms with van der Waals surface area (Å²) in [5.74, 6) is 1.76. The summed E-state index contributed by atoms with van der Waals surface area (Å²) >= 11 is 0. The third kappa shape index (κ3) is 4.38. The summed E-state index contributed by atoms with van der Waals surface area (Å²) in [6.45, 7) is 7.73.